The topological polar surface area (TPSA) is 111 Å². The van der Waals surface area contributed by atoms with Crippen LogP contribution in [0.2, 0.25) is 0 Å². The van der Waals surface area contributed by atoms with E-state index in [4.69, 9.17) is 18.3 Å². The van der Waals surface area contributed by atoms with Crippen LogP contribution in [0, 0.1) is 0 Å². The molecule has 1 N–H and O–H groups in total. The van der Waals surface area contributed by atoms with Gasteiger partial charge in [0.05, 0.1) is 47.5 Å². The van der Waals surface area contributed by atoms with Crippen LogP contribution in [0.1, 0.15) is 62.1 Å². The molecule has 3 amide bonds. The first-order valence-electron chi connectivity index (χ1n) is 13.6. The summed E-state index contributed by atoms with van der Waals surface area (Å²) in [5.41, 5.74) is -3.67. The third-order valence-corrected chi connectivity index (χ3v) is 5.73. The summed E-state index contributed by atoms with van der Waals surface area (Å²) in [6, 6.07) is -3.39. The van der Waals surface area contributed by atoms with Gasteiger partial charge in [0.1, 0.15) is 5.60 Å². The van der Waals surface area contributed by atoms with E-state index in [2.05, 4.69) is 15.4 Å². The van der Waals surface area contributed by atoms with Gasteiger partial charge in [-0.05, 0) is 40.7 Å². The predicted molar refractivity (Wildman–Crippen MR) is 131 cm³/mol. The lowest BCUT2D eigenvalue weighted by molar-refractivity contribution is -0.265. The van der Waals surface area contributed by atoms with Crippen LogP contribution < -0.4 is 5.32 Å². The molecule has 0 spiro atoms. The van der Waals surface area contributed by atoms with Crippen LogP contribution in [-0.4, -0.2) is 93.5 Å². The molecule has 0 aliphatic carbocycles. The van der Waals surface area contributed by atoms with Gasteiger partial charge in [-0.3, -0.25) is 0 Å². The van der Waals surface area contributed by atoms with E-state index in [0.29, 0.717) is 0 Å². The van der Waals surface area contributed by atoms with Crippen LogP contribution in [-0.2, 0) is 14.2 Å². The van der Waals surface area contributed by atoms with E-state index in [0.717, 1.165) is 31.7 Å². The summed E-state index contributed by atoms with van der Waals surface area (Å²) >= 11 is 0. The van der Waals surface area contributed by atoms with Gasteiger partial charge in [0, 0.05) is 25.7 Å². The molecule has 17 heteroatoms. The monoisotopic (exact) mass is 601 g/mol. The molecule has 3 heterocycles. The number of rotatable bonds is 9. The van der Waals surface area contributed by atoms with Crippen molar-refractivity contribution in [1.82, 2.24) is 29.7 Å². The lowest BCUT2D eigenvalue weighted by Gasteiger charge is -2.30. The fourth-order valence-corrected chi connectivity index (χ4v) is 3.51. The molecule has 0 radical (unpaired) electrons. The van der Waals surface area contributed by atoms with Gasteiger partial charge in [0.2, 0.25) is 0 Å². The van der Waals surface area contributed by atoms with Crippen molar-refractivity contribution in [2.24, 2.45) is 0 Å². The second-order valence-corrected chi connectivity index (χ2v) is 10.5. The van der Waals surface area contributed by atoms with Gasteiger partial charge >= 0.3 is 24.6 Å². The van der Waals surface area contributed by atoms with Gasteiger partial charge in [-0.1, -0.05) is 0 Å². The summed E-state index contributed by atoms with van der Waals surface area (Å²) in [7, 11) is 1.16. The highest BCUT2D eigenvalue weighted by atomic mass is 19.4. The summed E-state index contributed by atoms with van der Waals surface area (Å²) in [6.45, 7) is -0.674. The minimum absolute atomic E-state index is 0.0314. The molecular weight excluding hydrogens is 566 g/mol. The summed E-state index contributed by atoms with van der Waals surface area (Å²) in [5.74, 6) is 0. The zero-order valence-corrected chi connectivity index (χ0v) is 22.9. The number of amides is 3. The van der Waals surface area contributed by atoms with Crippen molar-refractivity contribution < 1.29 is 54.3 Å². The van der Waals surface area contributed by atoms with E-state index < -0.39 is 79.0 Å². The van der Waals surface area contributed by atoms with E-state index in [9.17, 15) is 35.9 Å². The summed E-state index contributed by atoms with van der Waals surface area (Å²) in [5, 5.41) is 6.50. The van der Waals surface area contributed by atoms with Gasteiger partial charge in [-0.15, -0.1) is 13.2 Å². The fourth-order valence-electron chi connectivity index (χ4n) is 3.51. The maximum Gasteiger partial charge on any atom is 0.488 e. The number of nitrogens with one attached hydrogen (secondary N) is 1. The van der Waals surface area contributed by atoms with Crippen molar-refractivity contribution in [2.45, 2.75) is 70.4 Å². The molecule has 3 atom stereocenters. The maximum absolute atomic E-state index is 13.5. The van der Waals surface area contributed by atoms with Crippen LogP contribution in [0.4, 0.5) is 35.9 Å². The van der Waals surface area contributed by atoms with Crippen LogP contribution in [0.15, 0.2) is 18.5 Å². The molecule has 0 aromatic carbocycles. The molecular formula is C24H32F6N6O5. The number of carbonyl (C=O) groups is 2. The van der Waals surface area contributed by atoms with Crippen molar-refractivity contribution >= 4 is 17.8 Å². The number of alkyl carbamates (subject to hydrolysis) is 1. The summed E-state index contributed by atoms with van der Waals surface area (Å²) < 4.78 is 121. The number of alkyl halides is 6. The Bertz CT molecular complexity index is 1370. The van der Waals surface area contributed by atoms with Crippen molar-refractivity contribution in [3.63, 3.8) is 0 Å². The zero-order valence-electron chi connectivity index (χ0n) is 25.9. The SMILES string of the molecule is [2H][C@@H]1N(C(F)(F)F)C(=O)N([C@H](COC)c2cnn3cc([C@H](COC(C)(C)C(F)(F)F)NC(=O)OC(C)(C)C)nc3c2)C1([2H])[2H]. The van der Waals surface area contributed by atoms with Crippen LogP contribution in [0.25, 0.3) is 5.65 Å². The number of ether oxygens (including phenoxy) is 3. The minimum Gasteiger partial charge on any atom is -0.444 e. The van der Waals surface area contributed by atoms with Crippen molar-refractivity contribution in [1.29, 1.82) is 0 Å². The summed E-state index contributed by atoms with van der Waals surface area (Å²) in [6.07, 6.45) is -8.74. The molecule has 1 fully saturated rings. The Balaban J connectivity index is 2.02. The molecule has 0 saturated carbocycles. The van der Waals surface area contributed by atoms with E-state index in [1.165, 1.54) is 12.3 Å². The number of fused-ring (bicyclic) bond motifs is 1. The molecule has 11 nitrogen and oxygen atoms in total. The third-order valence-electron chi connectivity index (χ3n) is 5.73. The molecule has 2 aromatic heterocycles. The Morgan fingerprint density at radius 2 is 1.80 bits per heavy atom. The first-order chi connectivity index (χ1) is 19.9. The van der Waals surface area contributed by atoms with Crippen molar-refractivity contribution in [3.8, 4) is 0 Å². The quantitative estimate of drug-likeness (QED) is 0.331. The molecule has 0 bridgehead atoms. The number of carbonyl (C=O) groups excluding carboxylic acids is 2. The smallest absolute Gasteiger partial charge is 0.444 e. The Kier molecular flexibility index (Phi) is 7.80. The molecule has 3 rings (SSSR count). The van der Waals surface area contributed by atoms with E-state index >= 15 is 0 Å². The zero-order chi connectivity index (χ0) is 33.6. The third kappa shape index (κ3) is 7.69. The second kappa shape index (κ2) is 11.5. The van der Waals surface area contributed by atoms with E-state index in [1.54, 1.807) is 20.8 Å². The molecule has 41 heavy (non-hydrogen) atoms. The number of imidazole rings is 1. The van der Waals surface area contributed by atoms with Gasteiger partial charge < -0.3 is 24.4 Å². The number of urea groups is 1. The first-order valence-corrected chi connectivity index (χ1v) is 12.1. The van der Waals surface area contributed by atoms with Gasteiger partial charge in [-0.25, -0.2) is 24.0 Å². The molecule has 1 aliphatic heterocycles. The standard InChI is InChI=1S/C24H32F6N6O5/c1-21(2,3)41-19(37)33-16(12-40-22(4,5)23(25,26)27)15-11-36-18(32-15)9-14(10-31-36)17(13-39-6)34-7-8-35(20(34)38)24(28,29)30/h9-11,16-17H,7-8,12-13H2,1-6H3,(H,33,37)/t16-,17+/m0/s1/i7D2,8D/t8-,16-,17+. The lowest BCUT2D eigenvalue weighted by Crippen LogP contribution is -2.44. The van der Waals surface area contributed by atoms with E-state index in [1.807, 2.05) is 0 Å². The van der Waals surface area contributed by atoms with Gasteiger partial charge in [0.25, 0.3) is 0 Å². The number of nitrogens with zero attached hydrogens (tertiary/aromatic N) is 5. The summed E-state index contributed by atoms with van der Waals surface area (Å²) in [4.78, 5) is 29.0. The van der Waals surface area contributed by atoms with E-state index in [-0.39, 0.29) is 21.8 Å². The molecule has 2 aromatic rings. The molecule has 1 aliphatic rings. The Morgan fingerprint density at radius 1 is 1.15 bits per heavy atom. The number of aromatic nitrogens is 3. The highest BCUT2D eigenvalue weighted by Crippen LogP contribution is 2.34. The largest absolute Gasteiger partial charge is 0.488 e. The van der Waals surface area contributed by atoms with Crippen LogP contribution in [0.5, 0.6) is 0 Å². The Labute approximate surface area is 235 Å². The number of hydrogen-bond acceptors (Lipinski definition) is 7. The fraction of sp³-hybridized carbons (Fsp3) is 0.667. The lowest BCUT2D eigenvalue weighted by atomic mass is 10.1. The first kappa shape index (κ1) is 27.8. The predicted octanol–water partition coefficient (Wildman–Crippen LogP) is 4.60. The average Bonchev–Trinajstić information content (AvgIpc) is 3.33. The highest BCUT2D eigenvalue weighted by Gasteiger charge is 2.49. The second-order valence-electron chi connectivity index (χ2n) is 10.5. The number of methoxy groups -OCH3 is 1. The van der Waals surface area contributed by atoms with Crippen molar-refractivity contribution in [2.75, 3.05) is 33.3 Å². The molecule has 1 saturated heterocycles. The van der Waals surface area contributed by atoms with Gasteiger partial charge in [-0.2, -0.15) is 18.3 Å². The minimum atomic E-state index is -5.34. The maximum atomic E-state index is 13.5. The van der Waals surface area contributed by atoms with Crippen LogP contribution >= 0.6 is 0 Å². The number of hydrogen-bond donors (Lipinski definition) is 1. The van der Waals surface area contributed by atoms with Crippen molar-refractivity contribution in [3.05, 3.63) is 29.7 Å². The molecule has 0 unspecified atom stereocenters. The average molecular weight is 602 g/mol. The Morgan fingerprint density at radius 3 is 2.34 bits per heavy atom. The molecule has 230 valence electrons. The van der Waals surface area contributed by atoms with Gasteiger partial charge in [0.15, 0.2) is 11.2 Å². The Hall–Kier alpha value is -3.34. The van der Waals surface area contributed by atoms with Crippen LogP contribution in [0.3, 0.4) is 0 Å². The number of halogens is 6. The highest BCUT2D eigenvalue weighted by molar-refractivity contribution is 5.77. The normalized spacial score (nSPS) is 20.9.